The van der Waals surface area contributed by atoms with Crippen molar-refractivity contribution in [2.24, 2.45) is 0 Å². The standard InChI is InChI=1S/C30H29N5O3S/c1-37-29(36)23-7-2-3-9-25(23)34-16-6-10-26(34)28-27(24-8-4-5-15-31-24)32-30(39)35(28)22-13-11-21(12-14-22)33-17-19-38-20-18-33/h2-16,27-28H,17-20H2,1H3,(H,32,39)/t27-,28+/m0/s1. The number of esters is 1. The largest absolute Gasteiger partial charge is 0.465 e. The van der Waals surface area contributed by atoms with E-state index >= 15 is 0 Å². The molecule has 2 aromatic heterocycles. The fraction of sp³-hybridized carbons (Fsp3) is 0.233. The lowest BCUT2D eigenvalue weighted by molar-refractivity contribution is 0.0600. The average Bonchev–Trinajstić information content (AvgIpc) is 3.62. The van der Waals surface area contributed by atoms with Gasteiger partial charge in [-0.2, -0.15) is 0 Å². The molecule has 6 rings (SSSR count). The maximum Gasteiger partial charge on any atom is 0.339 e. The third kappa shape index (κ3) is 4.75. The fourth-order valence-electron chi connectivity index (χ4n) is 5.40. The van der Waals surface area contributed by atoms with Gasteiger partial charge in [-0.15, -0.1) is 0 Å². The molecule has 0 amide bonds. The summed E-state index contributed by atoms with van der Waals surface area (Å²) >= 11 is 5.93. The van der Waals surface area contributed by atoms with Crippen LogP contribution in [0.25, 0.3) is 5.69 Å². The Kier molecular flexibility index (Phi) is 7.00. The lowest BCUT2D eigenvalue weighted by Crippen LogP contribution is -2.36. The molecule has 4 aromatic rings. The van der Waals surface area contributed by atoms with E-state index in [0.29, 0.717) is 10.7 Å². The highest BCUT2D eigenvalue weighted by molar-refractivity contribution is 7.80. The number of hydrogen-bond acceptors (Lipinski definition) is 6. The number of nitrogens with one attached hydrogen (secondary N) is 1. The van der Waals surface area contributed by atoms with Crippen LogP contribution in [0.2, 0.25) is 0 Å². The molecule has 0 spiro atoms. The van der Waals surface area contributed by atoms with Gasteiger partial charge in [0.25, 0.3) is 0 Å². The van der Waals surface area contributed by atoms with Crippen molar-refractivity contribution >= 4 is 34.7 Å². The number of pyridine rings is 1. The molecule has 2 atom stereocenters. The van der Waals surface area contributed by atoms with Gasteiger partial charge in [0.1, 0.15) is 6.04 Å². The maximum absolute atomic E-state index is 12.6. The van der Waals surface area contributed by atoms with Gasteiger partial charge in [0, 0.05) is 42.6 Å². The number of hydrogen-bond donors (Lipinski definition) is 1. The van der Waals surface area contributed by atoms with Gasteiger partial charge >= 0.3 is 5.97 Å². The van der Waals surface area contributed by atoms with Crippen molar-refractivity contribution in [1.29, 1.82) is 0 Å². The van der Waals surface area contributed by atoms with Crippen LogP contribution in [0.15, 0.2) is 91.3 Å². The highest BCUT2D eigenvalue weighted by Gasteiger charge is 2.42. The smallest absolute Gasteiger partial charge is 0.339 e. The number of rotatable bonds is 6. The number of carbonyl (C=O) groups excluding carboxylic acids is 1. The Bertz CT molecular complexity index is 1470. The molecule has 2 aliphatic rings. The third-order valence-corrected chi connectivity index (χ3v) is 7.57. The van der Waals surface area contributed by atoms with Gasteiger partial charge in [0.2, 0.25) is 0 Å². The topological polar surface area (TPSA) is 71.9 Å². The van der Waals surface area contributed by atoms with E-state index in [1.807, 2.05) is 53.2 Å². The summed E-state index contributed by atoms with van der Waals surface area (Å²) in [6.45, 7) is 3.22. The number of benzene rings is 2. The number of methoxy groups -OCH3 is 1. The first-order chi connectivity index (χ1) is 19.2. The highest BCUT2D eigenvalue weighted by atomic mass is 32.1. The molecule has 4 heterocycles. The molecular formula is C30H29N5O3S. The third-order valence-electron chi connectivity index (χ3n) is 7.25. The van der Waals surface area contributed by atoms with Gasteiger partial charge in [-0.3, -0.25) is 4.98 Å². The van der Waals surface area contributed by atoms with Crippen LogP contribution < -0.4 is 15.1 Å². The van der Waals surface area contributed by atoms with Crippen LogP contribution in [0.4, 0.5) is 11.4 Å². The van der Waals surface area contributed by atoms with Gasteiger partial charge in [0.05, 0.1) is 43.3 Å². The van der Waals surface area contributed by atoms with Crippen LogP contribution in [0.3, 0.4) is 0 Å². The lowest BCUT2D eigenvalue weighted by Gasteiger charge is -2.31. The number of nitrogens with zero attached hydrogens (tertiary/aromatic N) is 4. The summed E-state index contributed by atoms with van der Waals surface area (Å²) in [6.07, 6.45) is 3.76. The van der Waals surface area contributed by atoms with Crippen molar-refractivity contribution in [2.75, 3.05) is 43.2 Å². The summed E-state index contributed by atoms with van der Waals surface area (Å²) in [7, 11) is 1.40. The van der Waals surface area contributed by atoms with Crippen molar-refractivity contribution in [3.05, 3.63) is 108 Å². The van der Waals surface area contributed by atoms with Crippen molar-refractivity contribution in [3.63, 3.8) is 0 Å². The second kappa shape index (κ2) is 10.9. The first kappa shape index (κ1) is 25.1. The number of morpholine rings is 1. The van der Waals surface area contributed by atoms with Crippen molar-refractivity contribution in [2.45, 2.75) is 12.1 Å². The van der Waals surface area contributed by atoms with E-state index < -0.39 is 0 Å². The maximum atomic E-state index is 12.6. The predicted octanol–water partition coefficient (Wildman–Crippen LogP) is 4.67. The average molecular weight is 540 g/mol. The molecule has 8 nitrogen and oxygen atoms in total. The van der Waals surface area contributed by atoms with Crippen LogP contribution in [-0.2, 0) is 9.47 Å². The van der Waals surface area contributed by atoms with Crippen LogP contribution >= 0.6 is 12.2 Å². The van der Waals surface area contributed by atoms with Gasteiger partial charge in [-0.1, -0.05) is 18.2 Å². The van der Waals surface area contributed by atoms with E-state index in [9.17, 15) is 4.79 Å². The second-order valence-electron chi connectivity index (χ2n) is 9.42. The molecular weight excluding hydrogens is 510 g/mol. The van der Waals surface area contributed by atoms with Crippen LogP contribution in [0.5, 0.6) is 0 Å². The molecule has 1 N–H and O–H groups in total. The molecule has 2 aromatic carbocycles. The van der Waals surface area contributed by atoms with E-state index in [2.05, 4.69) is 50.4 Å². The molecule has 9 heteroatoms. The Labute approximate surface area is 232 Å². The van der Waals surface area contributed by atoms with E-state index in [0.717, 1.165) is 54.8 Å². The molecule has 0 saturated carbocycles. The van der Waals surface area contributed by atoms with Crippen LogP contribution in [-0.4, -0.2) is 54.0 Å². The quantitative estimate of drug-likeness (QED) is 0.280. The molecule has 0 unspecified atom stereocenters. The summed E-state index contributed by atoms with van der Waals surface area (Å²) in [5, 5.41) is 4.14. The minimum absolute atomic E-state index is 0.212. The van der Waals surface area contributed by atoms with Gasteiger partial charge < -0.3 is 29.2 Å². The zero-order valence-corrected chi connectivity index (χ0v) is 22.4. The monoisotopic (exact) mass is 539 g/mol. The first-order valence-corrected chi connectivity index (χ1v) is 13.3. The predicted molar refractivity (Wildman–Crippen MR) is 155 cm³/mol. The van der Waals surface area contributed by atoms with Crippen LogP contribution in [0.1, 0.15) is 33.8 Å². The normalized spacial score (nSPS) is 19.2. The molecule has 0 aliphatic carbocycles. The molecule has 39 heavy (non-hydrogen) atoms. The number of anilines is 2. The zero-order valence-electron chi connectivity index (χ0n) is 21.6. The Balaban J connectivity index is 1.44. The zero-order chi connectivity index (χ0) is 26.8. The molecule has 2 saturated heterocycles. The molecule has 198 valence electrons. The first-order valence-electron chi connectivity index (χ1n) is 12.9. The second-order valence-corrected chi connectivity index (χ2v) is 9.81. The summed E-state index contributed by atoms with van der Waals surface area (Å²) in [5.74, 6) is -0.387. The lowest BCUT2D eigenvalue weighted by atomic mass is 10.0. The number of thiocarbonyl (C=S) groups is 1. The number of carbonyl (C=O) groups is 1. The molecule has 2 aliphatic heterocycles. The molecule has 2 fully saturated rings. The summed E-state index contributed by atoms with van der Waals surface area (Å²) < 4.78 is 12.6. The summed E-state index contributed by atoms with van der Waals surface area (Å²) in [6, 6.07) is 25.5. The minimum Gasteiger partial charge on any atom is -0.465 e. The van der Waals surface area contributed by atoms with E-state index in [4.69, 9.17) is 21.7 Å². The fourth-order valence-corrected chi connectivity index (χ4v) is 5.75. The van der Waals surface area contributed by atoms with Crippen molar-refractivity contribution in [3.8, 4) is 5.69 Å². The van der Waals surface area contributed by atoms with Gasteiger partial charge in [-0.25, -0.2) is 4.79 Å². The van der Waals surface area contributed by atoms with E-state index in [-0.39, 0.29) is 18.1 Å². The number of para-hydroxylation sites is 1. The number of aromatic nitrogens is 2. The highest BCUT2D eigenvalue weighted by Crippen LogP contribution is 2.42. The SMILES string of the molecule is COC(=O)c1ccccc1-n1cccc1[C@@H]1[C@H](c2ccccn2)NC(=S)N1c1ccc(N2CCOCC2)cc1. The van der Waals surface area contributed by atoms with Gasteiger partial charge in [0.15, 0.2) is 5.11 Å². The van der Waals surface area contributed by atoms with Crippen molar-refractivity contribution < 1.29 is 14.3 Å². The Morgan fingerprint density at radius 3 is 2.46 bits per heavy atom. The number of ether oxygens (including phenoxy) is 2. The van der Waals surface area contributed by atoms with Crippen molar-refractivity contribution in [1.82, 2.24) is 14.9 Å². The molecule has 0 radical (unpaired) electrons. The molecule has 0 bridgehead atoms. The van der Waals surface area contributed by atoms with E-state index in [1.165, 1.54) is 7.11 Å². The minimum atomic E-state index is -0.387. The Morgan fingerprint density at radius 2 is 1.72 bits per heavy atom. The van der Waals surface area contributed by atoms with E-state index in [1.54, 1.807) is 12.3 Å². The Morgan fingerprint density at radius 1 is 0.974 bits per heavy atom. The summed E-state index contributed by atoms with van der Waals surface area (Å²) in [4.78, 5) is 21.8. The Hall–Kier alpha value is -4.21. The van der Waals surface area contributed by atoms with Gasteiger partial charge in [-0.05, 0) is 72.9 Å². The summed E-state index contributed by atoms with van der Waals surface area (Å²) in [5.41, 5.74) is 5.21. The van der Waals surface area contributed by atoms with Crippen LogP contribution in [0, 0.1) is 0 Å².